The van der Waals surface area contributed by atoms with Gasteiger partial charge >= 0.3 is 6.09 Å². The van der Waals surface area contributed by atoms with Gasteiger partial charge in [0.05, 0.1) is 35.0 Å². The molecule has 5 rings (SSSR count). The number of ether oxygens (including phenoxy) is 1. The summed E-state index contributed by atoms with van der Waals surface area (Å²) in [5.41, 5.74) is -2.00. The molecule has 2 aliphatic heterocycles. The van der Waals surface area contributed by atoms with Crippen LogP contribution in [0, 0.1) is 23.1 Å². The van der Waals surface area contributed by atoms with E-state index in [4.69, 9.17) is 21.6 Å². The number of halogens is 2. The minimum Gasteiger partial charge on any atom is -0.444 e. The van der Waals surface area contributed by atoms with Gasteiger partial charge in [0, 0.05) is 29.9 Å². The summed E-state index contributed by atoms with van der Waals surface area (Å²) >= 11 is 6.07. The van der Waals surface area contributed by atoms with E-state index < -0.39 is 35.2 Å². The van der Waals surface area contributed by atoms with Crippen LogP contribution in [-0.2, 0) is 17.0 Å². The van der Waals surface area contributed by atoms with E-state index in [1.807, 2.05) is 19.9 Å². The molecule has 2 aromatic carbocycles. The number of aliphatic hydroxyl groups is 2. The number of likely N-dealkylation sites (tertiary alicyclic amines) is 1. The Morgan fingerprint density at radius 2 is 1.82 bits per heavy atom. The summed E-state index contributed by atoms with van der Waals surface area (Å²) in [5.74, 6) is -1.79. The summed E-state index contributed by atoms with van der Waals surface area (Å²) in [7, 11) is 0. The maximum Gasteiger partial charge on any atom is 0.410 e. The first-order valence-electron chi connectivity index (χ1n) is 15.0. The number of rotatable bonds is 5. The molecule has 2 atom stereocenters. The summed E-state index contributed by atoms with van der Waals surface area (Å²) in [6, 6.07) is 13.8. The molecule has 3 heterocycles. The molecule has 0 spiro atoms. The van der Waals surface area contributed by atoms with Crippen molar-refractivity contribution in [1.29, 1.82) is 5.26 Å². The van der Waals surface area contributed by atoms with Crippen LogP contribution >= 0.6 is 11.6 Å². The van der Waals surface area contributed by atoms with E-state index in [1.165, 1.54) is 36.5 Å². The molecule has 2 aliphatic rings. The second-order valence-corrected chi connectivity index (χ2v) is 12.3. The van der Waals surface area contributed by atoms with Crippen molar-refractivity contribution in [2.45, 2.75) is 71.4 Å². The number of aliphatic hydroxyl groups excluding tert-OH is 1. The van der Waals surface area contributed by atoms with Crippen molar-refractivity contribution >= 4 is 23.6 Å². The van der Waals surface area contributed by atoms with Gasteiger partial charge in [-0.3, -0.25) is 14.7 Å². The predicted molar refractivity (Wildman–Crippen MR) is 167 cm³/mol. The third kappa shape index (κ3) is 6.96. The Morgan fingerprint density at radius 3 is 2.38 bits per heavy atom. The predicted octanol–water partition coefficient (Wildman–Crippen LogP) is 6.30. The second-order valence-electron chi connectivity index (χ2n) is 11.9. The molecule has 9 nitrogen and oxygen atoms in total. The molecular formula is C34H38ClFN4O5. The van der Waals surface area contributed by atoms with E-state index in [-0.39, 0.29) is 34.7 Å². The van der Waals surface area contributed by atoms with Crippen LogP contribution in [-0.4, -0.2) is 55.7 Å². The van der Waals surface area contributed by atoms with Crippen molar-refractivity contribution in [3.8, 4) is 6.07 Å². The van der Waals surface area contributed by atoms with E-state index in [0.717, 1.165) is 11.0 Å². The number of nitrogens with zero attached hydrogens (tertiary/aromatic N) is 4. The molecular weight excluding hydrogens is 599 g/mol. The summed E-state index contributed by atoms with van der Waals surface area (Å²) < 4.78 is 21.5. The molecule has 11 heteroatoms. The van der Waals surface area contributed by atoms with Crippen molar-refractivity contribution < 1.29 is 28.9 Å². The smallest absolute Gasteiger partial charge is 0.410 e. The molecule has 0 radical (unpaired) electrons. The zero-order valence-corrected chi connectivity index (χ0v) is 26.8. The highest BCUT2D eigenvalue weighted by Crippen LogP contribution is 2.46. The van der Waals surface area contributed by atoms with Crippen molar-refractivity contribution in [1.82, 2.24) is 14.8 Å². The lowest BCUT2D eigenvalue weighted by Crippen LogP contribution is -2.44. The van der Waals surface area contributed by atoms with Gasteiger partial charge in [-0.15, -0.1) is 0 Å². The number of hydrogen-bond acceptors (Lipinski definition) is 7. The molecule has 238 valence electrons. The Kier molecular flexibility index (Phi) is 10.2. The molecule has 1 aromatic heterocycles. The van der Waals surface area contributed by atoms with Crippen LogP contribution in [0.25, 0.3) is 0 Å². The van der Waals surface area contributed by atoms with Crippen molar-refractivity contribution in [2.24, 2.45) is 5.92 Å². The Balaban J connectivity index is 0.00000226. The minimum atomic E-state index is -2.20. The fraction of sp³-hybridized carbons (Fsp3) is 0.412. The monoisotopic (exact) mass is 636 g/mol. The molecule has 1 fully saturated rings. The quantitative estimate of drug-likeness (QED) is 0.336. The summed E-state index contributed by atoms with van der Waals surface area (Å²) in [6.45, 7) is 9.93. The Bertz CT molecular complexity index is 1580. The zero-order valence-electron chi connectivity index (χ0n) is 26.1. The van der Waals surface area contributed by atoms with E-state index in [0.29, 0.717) is 42.2 Å². The van der Waals surface area contributed by atoms with Gasteiger partial charge in [0.1, 0.15) is 17.5 Å². The fourth-order valence-electron chi connectivity index (χ4n) is 5.66. The number of carbonyl (C=O) groups is 2. The van der Waals surface area contributed by atoms with Crippen LogP contribution in [0.1, 0.15) is 91.9 Å². The van der Waals surface area contributed by atoms with Crippen LogP contribution < -0.4 is 0 Å². The van der Waals surface area contributed by atoms with Crippen LogP contribution in [0.15, 0.2) is 54.7 Å². The summed E-state index contributed by atoms with van der Waals surface area (Å²) in [5, 5.41) is 32.9. The minimum absolute atomic E-state index is 0.0775. The number of piperidine rings is 1. The molecule has 1 saturated heterocycles. The van der Waals surface area contributed by atoms with Crippen LogP contribution in [0.3, 0.4) is 0 Å². The first-order chi connectivity index (χ1) is 21.3. The molecule has 45 heavy (non-hydrogen) atoms. The largest absolute Gasteiger partial charge is 0.444 e. The number of benzene rings is 2. The lowest BCUT2D eigenvalue weighted by molar-refractivity contribution is -0.0567. The second kappa shape index (κ2) is 13.5. The highest BCUT2D eigenvalue weighted by atomic mass is 35.5. The molecule has 0 saturated carbocycles. The van der Waals surface area contributed by atoms with Gasteiger partial charge in [-0.25, -0.2) is 9.18 Å². The number of hydrogen-bond donors (Lipinski definition) is 2. The third-order valence-electron chi connectivity index (χ3n) is 7.83. The van der Waals surface area contributed by atoms with Crippen molar-refractivity contribution in [2.75, 3.05) is 13.1 Å². The van der Waals surface area contributed by atoms with E-state index in [2.05, 4.69) is 4.98 Å². The van der Waals surface area contributed by atoms with Crippen LogP contribution in [0.5, 0.6) is 0 Å². The average molecular weight is 637 g/mol. The van der Waals surface area contributed by atoms with Gasteiger partial charge in [0.2, 0.25) is 0 Å². The first-order valence-corrected chi connectivity index (χ1v) is 15.3. The third-order valence-corrected chi connectivity index (χ3v) is 8.08. The van der Waals surface area contributed by atoms with Gasteiger partial charge in [0.15, 0.2) is 5.72 Å². The normalized spacial score (nSPS) is 18.9. The molecule has 0 aliphatic carbocycles. The molecule has 2 unspecified atom stereocenters. The zero-order chi connectivity index (χ0) is 33.1. The maximum atomic E-state index is 16.1. The number of carbonyl (C=O) groups excluding carboxylic acids is 2. The highest BCUT2D eigenvalue weighted by Gasteiger charge is 2.52. The van der Waals surface area contributed by atoms with Gasteiger partial charge < -0.3 is 19.8 Å². The standard InChI is InChI=1S/C32H32ClFN4O5.C2H6/c1-31(2,3)43-30(41)37-12-10-20(11-13-37)28(39)21-14-25-27(26(34)15-21)32(42,22-5-7-23(33)8-6-22)38(29(25)40)18-24-9-4-19(16-35)17-36-24;1-2/h4-9,14-15,17,20,28,39,42H,10-13,18H2,1-3H3;1-2H3. The summed E-state index contributed by atoms with van der Waals surface area (Å²) in [4.78, 5) is 33.3. The lowest BCUT2D eigenvalue weighted by atomic mass is 9.85. The Labute approximate surface area is 267 Å². The maximum absolute atomic E-state index is 16.1. The average Bonchev–Trinajstić information content (AvgIpc) is 3.24. The lowest BCUT2D eigenvalue weighted by Gasteiger charge is -2.35. The first kappa shape index (κ1) is 33.8. The number of nitriles is 1. The van der Waals surface area contributed by atoms with Gasteiger partial charge in [-0.2, -0.15) is 5.26 Å². The molecule has 2 N–H and O–H groups in total. The van der Waals surface area contributed by atoms with Gasteiger partial charge in [0.25, 0.3) is 5.91 Å². The molecule has 2 amide bonds. The molecule has 3 aromatic rings. The Morgan fingerprint density at radius 1 is 1.18 bits per heavy atom. The topological polar surface area (TPSA) is 127 Å². The molecule has 0 bridgehead atoms. The number of aromatic nitrogens is 1. The van der Waals surface area contributed by atoms with Gasteiger partial charge in [-0.05, 0) is 81.5 Å². The van der Waals surface area contributed by atoms with E-state index in [1.54, 1.807) is 37.8 Å². The summed E-state index contributed by atoms with van der Waals surface area (Å²) in [6.07, 6.45) is 0.739. The van der Waals surface area contributed by atoms with Crippen LogP contribution in [0.2, 0.25) is 5.02 Å². The van der Waals surface area contributed by atoms with Crippen LogP contribution in [0.4, 0.5) is 9.18 Å². The Hall–Kier alpha value is -4.04. The van der Waals surface area contributed by atoms with Crippen molar-refractivity contribution in [3.05, 3.63) is 99.1 Å². The fourth-order valence-corrected chi connectivity index (χ4v) is 5.79. The highest BCUT2D eigenvalue weighted by molar-refractivity contribution is 6.30. The number of amides is 2. The number of pyridine rings is 1. The van der Waals surface area contributed by atoms with Gasteiger partial charge in [-0.1, -0.05) is 37.6 Å². The van der Waals surface area contributed by atoms with E-state index in [9.17, 15) is 19.8 Å². The SMILES string of the molecule is CC.CC(C)(C)OC(=O)N1CCC(C(O)c2cc(F)c3c(c2)C(=O)N(Cc2ccc(C#N)cn2)C3(O)c2ccc(Cl)cc2)CC1. The van der Waals surface area contributed by atoms with E-state index >= 15 is 4.39 Å². The van der Waals surface area contributed by atoms with Crippen molar-refractivity contribution in [3.63, 3.8) is 0 Å². The number of fused-ring (bicyclic) bond motifs is 1.